The number of aliphatic imine (C=N–C) groups is 1. The number of hydrogen-bond acceptors (Lipinski definition) is 3. The first-order valence-electron chi connectivity index (χ1n) is 7.27. The third kappa shape index (κ3) is 2.46. The van der Waals surface area contributed by atoms with Crippen molar-refractivity contribution in [1.29, 1.82) is 0 Å². The lowest BCUT2D eigenvalue weighted by atomic mass is 10.0. The van der Waals surface area contributed by atoms with E-state index in [1.807, 2.05) is 18.5 Å². The molecule has 1 aliphatic carbocycles. The van der Waals surface area contributed by atoms with Crippen molar-refractivity contribution in [3.8, 4) is 0 Å². The molecule has 0 bridgehead atoms. The normalized spacial score (nSPS) is 21.3. The maximum absolute atomic E-state index is 12.0. The molecular weight excluding hydrogens is 264 g/mol. The van der Waals surface area contributed by atoms with Crippen molar-refractivity contribution in [2.24, 2.45) is 4.99 Å². The monoisotopic (exact) mass is 280 g/mol. The lowest BCUT2D eigenvalue weighted by molar-refractivity contribution is -0.122. The Balaban J connectivity index is 1.50. The average Bonchev–Trinajstić information content (AvgIpc) is 3.21. The van der Waals surface area contributed by atoms with Crippen molar-refractivity contribution in [3.63, 3.8) is 0 Å². The Hall–Kier alpha value is -2.43. The Morgan fingerprint density at radius 2 is 2.29 bits per heavy atom. The molecule has 0 saturated heterocycles. The van der Waals surface area contributed by atoms with Gasteiger partial charge >= 0.3 is 0 Å². The van der Waals surface area contributed by atoms with E-state index in [-0.39, 0.29) is 11.9 Å². The molecule has 0 radical (unpaired) electrons. The quantitative estimate of drug-likeness (QED) is 0.903. The van der Waals surface area contributed by atoms with E-state index in [0.29, 0.717) is 12.5 Å². The van der Waals surface area contributed by atoms with Crippen molar-refractivity contribution in [1.82, 2.24) is 15.3 Å². The third-order valence-electron chi connectivity index (χ3n) is 3.91. The molecule has 2 N–H and O–H groups in total. The number of carbonyl (C=O) groups excluding carboxylic acids is 1. The van der Waals surface area contributed by atoms with Crippen LogP contribution >= 0.6 is 0 Å². The van der Waals surface area contributed by atoms with Gasteiger partial charge in [0, 0.05) is 35.6 Å². The van der Waals surface area contributed by atoms with Crippen LogP contribution in [-0.4, -0.2) is 34.2 Å². The fourth-order valence-corrected chi connectivity index (χ4v) is 2.51. The summed E-state index contributed by atoms with van der Waals surface area (Å²) in [4.78, 5) is 23.8. The van der Waals surface area contributed by atoms with Crippen LogP contribution in [0.25, 0.3) is 16.6 Å². The van der Waals surface area contributed by atoms with Crippen LogP contribution in [0.3, 0.4) is 0 Å². The number of nitrogens with zero attached hydrogens (tertiary/aromatic N) is 2. The maximum Gasteiger partial charge on any atom is 0.245 e. The minimum atomic E-state index is -0.279. The smallest absolute Gasteiger partial charge is 0.245 e. The van der Waals surface area contributed by atoms with Crippen LogP contribution in [-0.2, 0) is 4.79 Å². The van der Waals surface area contributed by atoms with Gasteiger partial charge in [0.1, 0.15) is 11.7 Å². The van der Waals surface area contributed by atoms with Crippen LogP contribution in [0, 0.1) is 0 Å². The molecule has 1 amide bonds. The molecular formula is C16H16N4O. The van der Waals surface area contributed by atoms with Crippen LogP contribution in [0.2, 0.25) is 0 Å². The number of carbonyl (C=O) groups is 1. The molecule has 0 spiro atoms. The Labute approximate surface area is 122 Å². The lowest BCUT2D eigenvalue weighted by Crippen LogP contribution is -2.35. The minimum absolute atomic E-state index is 0.0447. The van der Waals surface area contributed by atoms with Crippen molar-refractivity contribution in [2.45, 2.75) is 31.3 Å². The first kappa shape index (κ1) is 12.3. The molecule has 1 saturated carbocycles. The summed E-state index contributed by atoms with van der Waals surface area (Å²) in [5, 5.41) is 4.08. The van der Waals surface area contributed by atoms with Crippen LogP contribution in [0.5, 0.6) is 0 Å². The molecule has 1 fully saturated rings. The van der Waals surface area contributed by atoms with Crippen LogP contribution in [0.15, 0.2) is 35.6 Å². The van der Waals surface area contributed by atoms with Gasteiger partial charge in [-0.2, -0.15) is 0 Å². The predicted molar refractivity (Wildman–Crippen MR) is 82.1 cm³/mol. The molecule has 3 heterocycles. The highest BCUT2D eigenvalue weighted by atomic mass is 16.2. The zero-order chi connectivity index (χ0) is 14.2. The van der Waals surface area contributed by atoms with E-state index >= 15 is 0 Å². The van der Waals surface area contributed by atoms with E-state index in [1.165, 1.54) is 0 Å². The number of fused-ring (bicyclic) bond motifs is 1. The number of amides is 1. The Morgan fingerprint density at radius 3 is 3.05 bits per heavy atom. The summed E-state index contributed by atoms with van der Waals surface area (Å²) in [7, 11) is 0. The second-order valence-electron chi connectivity index (χ2n) is 5.61. The van der Waals surface area contributed by atoms with E-state index in [2.05, 4.69) is 32.4 Å². The molecule has 0 aromatic carbocycles. The second kappa shape index (κ2) is 4.84. The number of hydrogen-bond donors (Lipinski definition) is 2. The van der Waals surface area contributed by atoms with Gasteiger partial charge < -0.3 is 10.3 Å². The first-order chi connectivity index (χ1) is 10.3. The van der Waals surface area contributed by atoms with Crippen LogP contribution in [0.4, 0.5) is 0 Å². The lowest BCUT2D eigenvalue weighted by Gasteiger charge is -2.15. The van der Waals surface area contributed by atoms with Gasteiger partial charge in [-0.1, -0.05) is 6.08 Å². The number of allylic oxidation sites excluding steroid dienone is 1. The maximum atomic E-state index is 12.0. The summed E-state index contributed by atoms with van der Waals surface area (Å²) < 4.78 is 0. The van der Waals surface area contributed by atoms with Crippen LogP contribution < -0.4 is 5.32 Å². The molecule has 2 aliphatic rings. The minimum Gasteiger partial charge on any atom is -0.352 e. The summed E-state index contributed by atoms with van der Waals surface area (Å²) in [6.07, 6.45) is 10.4. The summed E-state index contributed by atoms with van der Waals surface area (Å²) in [6, 6.07) is 4.19. The molecule has 1 atom stereocenters. The highest BCUT2D eigenvalue weighted by Crippen LogP contribution is 2.23. The van der Waals surface area contributed by atoms with Crippen LogP contribution in [0.1, 0.15) is 24.8 Å². The van der Waals surface area contributed by atoms with E-state index in [9.17, 15) is 4.79 Å². The number of nitrogens with one attached hydrogen (secondary N) is 2. The predicted octanol–water partition coefficient (Wildman–Crippen LogP) is 2.07. The van der Waals surface area contributed by atoms with Gasteiger partial charge in [-0.3, -0.25) is 9.79 Å². The number of pyridine rings is 1. The summed E-state index contributed by atoms with van der Waals surface area (Å²) in [5.74, 6) is 0.0447. The molecule has 5 nitrogen and oxygen atoms in total. The molecule has 1 unspecified atom stereocenters. The molecule has 4 rings (SSSR count). The van der Waals surface area contributed by atoms with Gasteiger partial charge in [0.2, 0.25) is 5.91 Å². The van der Waals surface area contributed by atoms with Crippen molar-refractivity contribution < 1.29 is 4.79 Å². The summed E-state index contributed by atoms with van der Waals surface area (Å²) in [6.45, 7) is 0. The van der Waals surface area contributed by atoms with Crippen molar-refractivity contribution in [3.05, 3.63) is 36.2 Å². The van der Waals surface area contributed by atoms with Crippen molar-refractivity contribution in [2.75, 3.05) is 0 Å². The Kier molecular flexibility index (Phi) is 2.84. The second-order valence-corrected chi connectivity index (χ2v) is 5.61. The zero-order valence-electron chi connectivity index (χ0n) is 11.5. The highest BCUT2D eigenvalue weighted by molar-refractivity contribution is 6.12. The molecule has 2 aromatic heterocycles. The molecule has 1 aliphatic heterocycles. The molecule has 106 valence electrons. The van der Waals surface area contributed by atoms with Gasteiger partial charge in [0.05, 0.1) is 0 Å². The van der Waals surface area contributed by atoms with E-state index in [1.54, 1.807) is 6.21 Å². The van der Waals surface area contributed by atoms with Gasteiger partial charge in [0.25, 0.3) is 0 Å². The number of H-pyrrole nitrogens is 1. The third-order valence-corrected chi connectivity index (χ3v) is 3.91. The van der Waals surface area contributed by atoms with Gasteiger partial charge in [-0.05, 0) is 37.0 Å². The SMILES string of the molecule is O=C(NC1CC1)C1CC=C(c2cnc3[nH]ccc3c2)C=N1. The van der Waals surface area contributed by atoms with Gasteiger partial charge in [-0.15, -0.1) is 0 Å². The number of rotatable bonds is 3. The van der Waals surface area contributed by atoms with Crippen molar-refractivity contribution >= 4 is 28.7 Å². The topological polar surface area (TPSA) is 70.1 Å². The summed E-state index contributed by atoms with van der Waals surface area (Å²) in [5.41, 5.74) is 2.95. The van der Waals surface area contributed by atoms with E-state index < -0.39 is 0 Å². The number of dihydropyridines is 1. The standard InChI is InChI=1S/C16H16N4O/c21-16(20-13-2-3-13)14-4-1-11(8-18-14)12-7-10-5-6-17-15(10)19-9-12/h1,5-9,13-14H,2-4H2,(H,17,19)(H,20,21). The molecule has 5 heteroatoms. The molecule has 21 heavy (non-hydrogen) atoms. The fraction of sp³-hybridized carbons (Fsp3) is 0.312. The zero-order valence-corrected chi connectivity index (χ0v) is 11.5. The number of aromatic amines is 1. The van der Waals surface area contributed by atoms with Gasteiger partial charge in [0.15, 0.2) is 0 Å². The fourth-order valence-electron chi connectivity index (χ4n) is 2.51. The molecule has 2 aromatic rings. The van der Waals surface area contributed by atoms with Gasteiger partial charge in [-0.25, -0.2) is 4.98 Å². The van der Waals surface area contributed by atoms with E-state index in [0.717, 1.165) is 35.0 Å². The highest BCUT2D eigenvalue weighted by Gasteiger charge is 2.27. The number of aromatic nitrogens is 2. The van der Waals surface area contributed by atoms with E-state index in [4.69, 9.17) is 0 Å². The average molecular weight is 280 g/mol. The summed E-state index contributed by atoms with van der Waals surface area (Å²) >= 11 is 0. The Bertz CT molecular complexity index is 754. The first-order valence-corrected chi connectivity index (χ1v) is 7.27. The largest absolute Gasteiger partial charge is 0.352 e. The Morgan fingerprint density at radius 1 is 1.38 bits per heavy atom.